The molecule has 0 saturated heterocycles. The molecule has 1 aromatic carbocycles. The van der Waals surface area contributed by atoms with E-state index in [-0.39, 0.29) is 18.2 Å². The second kappa shape index (κ2) is 7.27. The molecule has 0 saturated carbocycles. The van der Waals surface area contributed by atoms with Crippen LogP contribution in [0.3, 0.4) is 0 Å². The van der Waals surface area contributed by atoms with Crippen LogP contribution in [0.15, 0.2) is 18.2 Å². The zero-order chi connectivity index (χ0) is 18.8. The van der Waals surface area contributed by atoms with E-state index in [1.54, 1.807) is 0 Å². The summed E-state index contributed by atoms with van der Waals surface area (Å²) in [6.45, 7) is 7.15. The Kier molecular flexibility index (Phi) is 5.06. The van der Waals surface area contributed by atoms with E-state index in [1.165, 1.54) is 18.2 Å². The van der Waals surface area contributed by atoms with Crippen molar-refractivity contribution in [3.05, 3.63) is 46.5 Å². The fraction of sp³-hybridized carbons (Fsp3) is 0.421. The van der Waals surface area contributed by atoms with Crippen LogP contribution in [0.4, 0.5) is 10.1 Å². The van der Waals surface area contributed by atoms with Gasteiger partial charge in [-0.1, -0.05) is 6.92 Å². The van der Waals surface area contributed by atoms with Crippen LogP contribution in [-0.2, 0) is 22.7 Å². The number of amides is 2. The first-order chi connectivity index (χ1) is 12.4. The molecule has 2 amide bonds. The van der Waals surface area contributed by atoms with Gasteiger partial charge in [0.05, 0.1) is 11.6 Å². The van der Waals surface area contributed by atoms with Gasteiger partial charge in [0.15, 0.2) is 0 Å². The van der Waals surface area contributed by atoms with Crippen molar-refractivity contribution < 1.29 is 14.0 Å². The maximum atomic E-state index is 13.6. The molecule has 1 aliphatic heterocycles. The molecule has 1 aliphatic rings. The molecule has 7 heteroatoms. The number of carbonyl (C=O) groups excluding carboxylic acids is 2. The highest BCUT2D eigenvalue weighted by atomic mass is 19.1. The average molecular weight is 358 g/mol. The molecule has 0 fully saturated rings. The van der Waals surface area contributed by atoms with E-state index in [0.717, 1.165) is 29.9 Å². The number of nitrogens with one attached hydrogen (secondary N) is 2. The number of hydrogen-bond acceptors (Lipinski definition) is 3. The van der Waals surface area contributed by atoms with Crippen molar-refractivity contribution in [1.29, 1.82) is 0 Å². The van der Waals surface area contributed by atoms with Crippen molar-refractivity contribution in [2.24, 2.45) is 0 Å². The number of aromatic nitrogens is 2. The molecule has 1 aromatic heterocycles. The molecule has 0 radical (unpaired) electrons. The van der Waals surface area contributed by atoms with E-state index in [0.29, 0.717) is 17.8 Å². The minimum absolute atomic E-state index is 0.00927. The standard InChI is InChI=1S/C19H23FN4O2/c1-4-7-24-12(3)16(11(2)23-24)10-21-19(26)15-9-18(25)22-17-6-5-13(20)8-14(15)17/h5-6,8,15H,4,7,9-10H2,1-3H3,(H,21,26)(H,22,25)/t15-/m0/s1. The van der Waals surface area contributed by atoms with Crippen LogP contribution in [0.5, 0.6) is 0 Å². The van der Waals surface area contributed by atoms with E-state index < -0.39 is 11.7 Å². The Morgan fingerprint density at radius 1 is 1.42 bits per heavy atom. The van der Waals surface area contributed by atoms with Crippen molar-refractivity contribution >= 4 is 17.5 Å². The Balaban J connectivity index is 1.77. The van der Waals surface area contributed by atoms with Crippen LogP contribution in [0.25, 0.3) is 0 Å². The molecule has 2 heterocycles. The lowest BCUT2D eigenvalue weighted by Crippen LogP contribution is -2.35. The average Bonchev–Trinajstić information content (AvgIpc) is 2.86. The Bertz CT molecular complexity index is 859. The van der Waals surface area contributed by atoms with Gasteiger partial charge in [0.2, 0.25) is 11.8 Å². The Morgan fingerprint density at radius 2 is 2.19 bits per heavy atom. The summed E-state index contributed by atoms with van der Waals surface area (Å²) >= 11 is 0. The highest BCUT2D eigenvalue weighted by Gasteiger charge is 2.31. The Hall–Kier alpha value is -2.70. The summed E-state index contributed by atoms with van der Waals surface area (Å²) in [4.78, 5) is 24.6. The minimum Gasteiger partial charge on any atom is -0.351 e. The molecular formula is C19H23FN4O2. The van der Waals surface area contributed by atoms with Crippen LogP contribution < -0.4 is 10.6 Å². The van der Waals surface area contributed by atoms with Crippen LogP contribution >= 0.6 is 0 Å². The Labute approximate surface area is 151 Å². The van der Waals surface area contributed by atoms with Gasteiger partial charge in [-0.05, 0) is 44.0 Å². The number of hydrogen-bond donors (Lipinski definition) is 2. The number of fused-ring (bicyclic) bond motifs is 1. The van der Waals surface area contributed by atoms with Crippen LogP contribution in [-0.4, -0.2) is 21.6 Å². The zero-order valence-electron chi connectivity index (χ0n) is 15.2. The summed E-state index contributed by atoms with van der Waals surface area (Å²) in [5, 5.41) is 10.1. The number of nitrogens with zero attached hydrogens (tertiary/aromatic N) is 2. The van der Waals surface area contributed by atoms with Gasteiger partial charge in [-0.15, -0.1) is 0 Å². The summed E-state index contributed by atoms with van der Waals surface area (Å²) in [7, 11) is 0. The van der Waals surface area contributed by atoms with Crippen LogP contribution in [0.1, 0.15) is 48.2 Å². The normalized spacial score (nSPS) is 16.2. The van der Waals surface area contributed by atoms with Crippen LogP contribution in [0.2, 0.25) is 0 Å². The number of anilines is 1. The fourth-order valence-electron chi connectivity index (χ4n) is 3.38. The number of halogens is 1. The third-order valence-corrected chi connectivity index (χ3v) is 4.78. The first-order valence-electron chi connectivity index (χ1n) is 8.80. The van der Waals surface area contributed by atoms with E-state index in [9.17, 15) is 14.0 Å². The highest BCUT2D eigenvalue weighted by Crippen LogP contribution is 2.33. The zero-order valence-corrected chi connectivity index (χ0v) is 15.2. The number of benzene rings is 1. The van der Waals surface area contributed by atoms with E-state index in [4.69, 9.17) is 0 Å². The van der Waals surface area contributed by atoms with Crippen molar-refractivity contribution in [2.75, 3.05) is 5.32 Å². The third kappa shape index (κ3) is 3.47. The predicted octanol–water partition coefficient (Wildman–Crippen LogP) is 2.79. The lowest BCUT2D eigenvalue weighted by molar-refractivity contribution is -0.126. The van der Waals surface area contributed by atoms with Gasteiger partial charge in [0, 0.05) is 36.5 Å². The molecule has 2 aromatic rings. The van der Waals surface area contributed by atoms with Gasteiger partial charge >= 0.3 is 0 Å². The fourth-order valence-corrected chi connectivity index (χ4v) is 3.38. The topological polar surface area (TPSA) is 76.0 Å². The molecular weight excluding hydrogens is 335 g/mol. The van der Waals surface area contributed by atoms with Gasteiger partial charge in [0.1, 0.15) is 5.82 Å². The number of rotatable bonds is 5. The summed E-state index contributed by atoms with van der Waals surface area (Å²) in [6.07, 6.45) is 0.989. The first-order valence-corrected chi connectivity index (χ1v) is 8.80. The van der Waals surface area contributed by atoms with E-state index in [2.05, 4.69) is 22.7 Å². The molecule has 2 N–H and O–H groups in total. The second-order valence-corrected chi connectivity index (χ2v) is 6.63. The van der Waals surface area contributed by atoms with Crippen molar-refractivity contribution in [3.63, 3.8) is 0 Å². The van der Waals surface area contributed by atoms with Crippen LogP contribution in [0, 0.1) is 19.7 Å². The minimum atomic E-state index is -0.694. The molecule has 0 bridgehead atoms. The number of carbonyl (C=O) groups is 2. The largest absolute Gasteiger partial charge is 0.351 e. The summed E-state index contributed by atoms with van der Waals surface area (Å²) in [5.41, 5.74) is 3.89. The van der Waals surface area contributed by atoms with Gasteiger partial charge in [-0.2, -0.15) is 5.10 Å². The summed E-state index contributed by atoms with van der Waals surface area (Å²) in [6, 6.07) is 4.08. The van der Waals surface area contributed by atoms with E-state index >= 15 is 0 Å². The van der Waals surface area contributed by atoms with Crippen molar-refractivity contribution in [1.82, 2.24) is 15.1 Å². The molecule has 138 valence electrons. The summed E-state index contributed by atoms with van der Waals surface area (Å²) < 4.78 is 15.5. The summed E-state index contributed by atoms with van der Waals surface area (Å²) in [5.74, 6) is -1.65. The lowest BCUT2D eigenvalue weighted by atomic mass is 9.89. The van der Waals surface area contributed by atoms with Crippen molar-refractivity contribution in [3.8, 4) is 0 Å². The van der Waals surface area contributed by atoms with Gasteiger partial charge in [-0.3, -0.25) is 14.3 Å². The molecule has 3 rings (SSSR count). The highest BCUT2D eigenvalue weighted by molar-refractivity contribution is 6.01. The predicted molar refractivity (Wildman–Crippen MR) is 96.2 cm³/mol. The molecule has 26 heavy (non-hydrogen) atoms. The lowest BCUT2D eigenvalue weighted by Gasteiger charge is -2.25. The van der Waals surface area contributed by atoms with Gasteiger partial charge in [0.25, 0.3) is 0 Å². The molecule has 0 aliphatic carbocycles. The third-order valence-electron chi connectivity index (χ3n) is 4.78. The molecule has 0 spiro atoms. The molecule has 1 atom stereocenters. The monoisotopic (exact) mass is 358 g/mol. The van der Waals surface area contributed by atoms with E-state index in [1.807, 2.05) is 18.5 Å². The SMILES string of the molecule is CCCn1nc(C)c(CNC(=O)[C@H]2CC(=O)Nc3ccc(F)cc32)c1C. The van der Waals surface area contributed by atoms with Gasteiger partial charge in [-0.25, -0.2) is 4.39 Å². The molecule has 0 unspecified atom stereocenters. The quantitative estimate of drug-likeness (QED) is 0.863. The maximum Gasteiger partial charge on any atom is 0.228 e. The van der Waals surface area contributed by atoms with Gasteiger partial charge < -0.3 is 10.6 Å². The van der Waals surface area contributed by atoms with Crippen molar-refractivity contribution in [2.45, 2.75) is 52.6 Å². The smallest absolute Gasteiger partial charge is 0.228 e. The maximum absolute atomic E-state index is 13.6. The first kappa shape index (κ1) is 18.1. The molecule has 6 nitrogen and oxygen atoms in total. The second-order valence-electron chi connectivity index (χ2n) is 6.63. The Morgan fingerprint density at radius 3 is 2.92 bits per heavy atom. The number of aryl methyl sites for hydroxylation is 2.